The number of benzene rings is 1. The van der Waals surface area contributed by atoms with Crippen molar-refractivity contribution in [3.8, 4) is 5.75 Å². The third-order valence-electron chi connectivity index (χ3n) is 2.04. The summed E-state index contributed by atoms with van der Waals surface area (Å²) in [6.07, 6.45) is 1.53. The van der Waals surface area contributed by atoms with Gasteiger partial charge in [0.15, 0.2) is 0 Å². The van der Waals surface area contributed by atoms with Gasteiger partial charge in [0.2, 0.25) is 0 Å². The predicted octanol–water partition coefficient (Wildman–Crippen LogP) is 0.568. The second-order valence-corrected chi connectivity index (χ2v) is 3.15. The van der Waals surface area contributed by atoms with E-state index in [9.17, 15) is 5.11 Å². The number of amidine groups is 1. The van der Waals surface area contributed by atoms with E-state index in [2.05, 4.69) is 0 Å². The molecule has 0 atom stereocenters. The Morgan fingerprint density at radius 3 is 2.71 bits per heavy atom. The van der Waals surface area contributed by atoms with E-state index >= 15 is 0 Å². The van der Waals surface area contributed by atoms with Crippen LogP contribution in [0.3, 0.4) is 0 Å². The van der Waals surface area contributed by atoms with E-state index in [0.29, 0.717) is 18.5 Å². The lowest BCUT2D eigenvalue weighted by Crippen LogP contribution is -2.11. The Balaban J connectivity index is 2.90. The fourth-order valence-corrected chi connectivity index (χ4v) is 1.25. The predicted molar refractivity (Wildman–Crippen MR) is 56.5 cm³/mol. The number of rotatable bonds is 4. The van der Waals surface area contributed by atoms with Gasteiger partial charge in [0.25, 0.3) is 0 Å². The molecule has 14 heavy (non-hydrogen) atoms. The largest absolute Gasteiger partial charge is 0.508 e. The number of hydrogen-bond acceptors (Lipinski definition) is 3. The lowest BCUT2D eigenvalue weighted by Gasteiger charge is -2.06. The number of nitrogen functional groups attached to an aromatic ring is 1. The van der Waals surface area contributed by atoms with E-state index < -0.39 is 0 Å². The summed E-state index contributed by atoms with van der Waals surface area (Å²) in [6.45, 7) is 0.587. The molecule has 76 valence electrons. The van der Waals surface area contributed by atoms with Crippen LogP contribution in [0.2, 0.25) is 0 Å². The van der Waals surface area contributed by atoms with Crippen molar-refractivity contribution in [2.45, 2.75) is 12.8 Å². The van der Waals surface area contributed by atoms with E-state index in [-0.39, 0.29) is 11.6 Å². The highest BCUT2D eigenvalue weighted by Crippen LogP contribution is 2.19. The number of phenolic OH excluding ortho intramolecular Hbond substituents is 1. The molecule has 0 aliphatic rings. The number of phenols is 1. The van der Waals surface area contributed by atoms with Crippen molar-refractivity contribution in [3.05, 3.63) is 29.3 Å². The van der Waals surface area contributed by atoms with Gasteiger partial charge in [0, 0.05) is 5.56 Å². The summed E-state index contributed by atoms with van der Waals surface area (Å²) in [5.41, 5.74) is 12.1. The molecule has 0 radical (unpaired) electrons. The van der Waals surface area contributed by atoms with Crippen molar-refractivity contribution in [1.29, 1.82) is 5.41 Å². The lowest BCUT2D eigenvalue weighted by atomic mass is 10.0. The fourth-order valence-electron chi connectivity index (χ4n) is 1.25. The highest BCUT2D eigenvalue weighted by molar-refractivity contribution is 5.95. The number of hydrogen-bond donors (Lipinski definition) is 4. The third-order valence-corrected chi connectivity index (χ3v) is 2.04. The highest BCUT2D eigenvalue weighted by atomic mass is 16.3. The maximum atomic E-state index is 9.49. The molecule has 0 aromatic heterocycles. The molecule has 0 aliphatic heterocycles. The minimum atomic E-state index is 0.0130. The summed E-state index contributed by atoms with van der Waals surface area (Å²) in [7, 11) is 0. The summed E-state index contributed by atoms with van der Waals surface area (Å²) < 4.78 is 0. The molecule has 0 saturated heterocycles. The quantitative estimate of drug-likeness (QED) is 0.415. The molecule has 0 aliphatic carbocycles. The van der Waals surface area contributed by atoms with Crippen LogP contribution in [0.5, 0.6) is 5.75 Å². The molecule has 0 bridgehead atoms. The monoisotopic (exact) mass is 193 g/mol. The van der Waals surface area contributed by atoms with E-state index in [1.54, 1.807) is 18.2 Å². The van der Waals surface area contributed by atoms with E-state index in [0.717, 1.165) is 12.0 Å². The Morgan fingerprint density at radius 2 is 2.14 bits per heavy atom. The van der Waals surface area contributed by atoms with Gasteiger partial charge in [-0.1, -0.05) is 0 Å². The standard InChI is InChI=1S/C10H15N3O/c11-5-1-2-7-6-8(10(12)13)3-4-9(7)14/h3-4,6,14H,1-2,5,11H2,(H3,12,13). The fraction of sp³-hybridized carbons (Fsp3) is 0.300. The normalized spacial score (nSPS) is 10.1. The topological polar surface area (TPSA) is 96.1 Å². The van der Waals surface area contributed by atoms with Crippen LogP contribution in [-0.2, 0) is 6.42 Å². The summed E-state index contributed by atoms with van der Waals surface area (Å²) >= 11 is 0. The molecule has 0 fully saturated rings. The van der Waals surface area contributed by atoms with Gasteiger partial charge in [0.1, 0.15) is 11.6 Å². The molecule has 0 amide bonds. The SMILES string of the molecule is N=C(N)c1ccc(O)c(CCCN)c1. The molecular weight excluding hydrogens is 178 g/mol. The molecule has 4 heteroatoms. The minimum absolute atomic E-state index is 0.0130. The molecule has 0 unspecified atom stereocenters. The van der Waals surface area contributed by atoms with Gasteiger partial charge in [-0.15, -0.1) is 0 Å². The molecule has 0 heterocycles. The van der Waals surface area contributed by atoms with Crippen molar-refractivity contribution in [2.75, 3.05) is 6.54 Å². The Labute approximate surface area is 83.1 Å². The Bertz CT molecular complexity index is 336. The zero-order chi connectivity index (χ0) is 10.6. The second-order valence-electron chi connectivity index (χ2n) is 3.15. The van der Waals surface area contributed by atoms with Gasteiger partial charge in [-0.2, -0.15) is 0 Å². The first-order valence-corrected chi connectivity index (χ1v) is 4.51. The zero-order valence-corrected chi connectivity index (χ0v) is 7.96. The minimum Gasteiger partial charge on any atom is -0.508 e. The van der Waals surface area contributed by atoms with Crippen molar-refractivity contribution in [1.82, 2.24) is 0 Å². The van der Waals surface area contributed by atoms with E-state index in [1.165, 1.54) is 0 Å². The number of nitrogens with two attached hydrogens (primary N) is 2. The van der Waals surface area contributed by atoms with Crippen molar-refractivity contribution in [3.63, 3.8) is 0 Å². The first-order chi connectivity index (χ1) is 6.65. The van der Waals surface area contributed by atoms with E-state index in [1.807, 2.05) is 0 Å². The van der Waals surface area contributed by atoms with E-state index in [4.69, 9.17) is 16.9 Å². The summed E-state index contributed by atoms with van der Waals surface area (Å²) in [5, 5.41) is 16.7. The van der Waals surface area contributed by atoms with Crippen molar-refractivity contribution < 1.29 is 5.11 Å². The number of aromatic hydroxyl groups is 1. The highest BCUT2D eigenvalue weighted by Gasteiger charge is 2.03. The second kappa shape index (κ2) is 4.62. The first-order valence-electron chi connectivity index (χ1n) is 4.51. The molecule has 4 nitrogen and oxygen atoms in total. The van der Waals surface area contributed by atoms with Gasteiger partial charge in [-0.05, 0) is 43.1 Å². The van der Waals surface area contributed by atoms with Gasteiger partial charge in [0.05, 0.1) is 0 Å². The van der Waals surface area contributed by atoms with Gasteiger partial charge >= 0.3 is 0 Å². The van der Waals surface area contributed by atoms with Crippen LogP contribution in [0.1, 0.15) is 17.5 Å². The number of nitrogens with one attached hydrogen (secondary N) is 1. The van der Waals surface area contributed by atoms with Crippen LogP contribution in [0, 0.1) is 5.41 Å². The summed E-state index contributed by atoms with van der Waals surface area (Å²) in [6, 6.07) is 4.92. The van der Waals surface area contributed by atoms with Crippen LogP contribution in [0.4, 0.5) is 0 Å². The average molecular weight is 193 g/mol. The van der Waals surface area contributed by atoms with Gasteiger partial charge < -0.3 is 16.6 Å². The van der Waals surface area contributed by atoms with Crippen LogP contribution >= 0.6 is 0 Å². The molecular formula is C10H15N3O. The maximum Gasteiger partial charge on any atom is 0.122 e. The summed E-state index contributed by atoms with van der Waals surface area (Å²) in [4.78, 5) is 0. The van der Waals surface area contributed by atoms with Crippen molar-refractivity contribution >= 4 is 5.84 Å². The molecule has 6 N–H and O–H groups in total. The first kappa shape index (κ1) is 10.5. The molecule has 1 rings (SSSR count). The maximum absolute atomic E-state index is 9.49. The smallest absolute Gasteiger partial charge is 0.122 e. The zero-order valence-electron chi connectivity index (χ0n) is 7.96. The third kappa shape index (κ3) is 2.47. The average Bonchev–Trinajstić information content (AvgIpc) is 2.16. The Morgan fingerprint density at radius 1 is 1.43 bits per heavy atom. The summed E-state index contributed by atoms with van der Waals surface area (Å²) in [5.74, 6) is 0.252. The number of aryl methyl sites for hydroxylation is 1. The van der Waals surface area contributed by atoms with Crippen LogP contribution in [0.15, 0.2) is 18.2 Å². The lowest BCUT2D eigenvalue weighted by molar-refractivity contribution is 0.467. The molecule has 0 spiro atoms. The van der Waals surface area contributed by atoms with Crippen LogP contribution in [-0.4, -0.2) is 17.5 Å². The van der Waals surface area contributed by atoms with Crippen LogP contribution < -0.4 is 11.5 Å². The van der Waals surface area contributed by atoms with Gasteiger partial charge in [-0.3, -0.25) is 5.41 Å². The van der Waals surface area contributed by atoms with Crippen LogP contribution in [0.25, 0.3) is 0 Å². The van der Waals surface area contributed by atoms with Crippen molar-refractivity contribution in [2.24, 2.45) is 11.5 Å². The molecule has 1 aromatic rings. The molecule has 0 saturated carbocycles. The Hall–Kier alpha value is -1.55. The van der Waals surface area contributed by atoms with Gasteiger partial charge in [-0.25, -0.2) is 0 Å². The molecule has 1 aromatic carbocycles. The Kier molecular flexibility index (Phi) is 3.48.